The number of oxazole rings is 1. The van der Waals surface area contributed by atoms with Crippen LogP contribution in [0.25, 0.3) is 11.5 Å². The Balaban J connectivity index is 1.63. The number of aliphatic carboxylic acids is 1. The fraction of sp³-hybridized carbons (Fsp3) is 0.385. The van der Waals surface area contributed by atoms with Crippen molar-refractivity contribution >= 4 is 5.97 Å². The number of benzene rings is 2. The fourth-order valence-corrected chi connectivity index (χ4v) is 3.69. The highest BCUT2D eigenvalue weighted by Crippen LogP contribution is 2.27. The maximum Gasteiger partial charge on any atom is 0.333 e. The molecular formula is C26H31NO5. The van der Waals surface area contributed by atoms with E-state index >= 15 is 0 Å². The molecule has 0 aliphatic heterocycles. The number of nitrogens with zero attached hydrogens (tertiary/aromatic N) is 1. The van der Waals surface area contributed by atoms with Gasteiger partial charge < -0.3 is 19.0 Å². The van der Waals surface area contributed by atoms with E-state index in [1.807, 2.05) is 70.2 Å². The van der Waals surface area contributed by atoms with E-state index in [1.54, 1.807) is 0 Å². The highest BCUT2D eigenvalue weighted by Gasteiger charge is 2.19. The van der Waals surface area contributed by atoms with Crippen molar-refractivity contribution in [2.75, 3.05) is 13.2 Å². The van der Waals surface area contributed by atoms with Gasteiger partial charge in [-0.2, -0.15) is 0 Å². The first kappa shape index (κ1) is 23.5. The summed E-state index contributed by atoms with van der Waals surface area (Å²) in [5.41, 5.74) is 4.71. The Morgan fingerprint density at radius 2 is 1.78 bits per heavy atom. The van der Waals surface area contributed by atoms with Crippen LogP contribution in [-0.2, 0) is 22.4 Å². The number of aryl methyl sites for hydroxylation is 3. The van der Waals surface area contributed by atoms with Gasteiger partial charge in [0.05, 0.1) is 12.3 Å². The van der Waals surface area contributed by atoms with Crippen molar-refractivity contribution in [3.05, 3.63) is 70.6 Å². The van der Waals surface area contributed by atoms with Gasteiger partial charge in [-0.25, -0.2) is 9.78 Å². The van der Waals surface area contributed by atoms with Crippen LogP contribution >= 0.6 is 0 Å². The monoisotopic (exact) mass is 437 g/mol. The summed E-state index contributed by atoms with van der Waals surface area (Å²) in [6.07, 6.45) is 0.910. The molecule has 1 atom stereocenters. The van der Waals surface area contributed by atoms with E-state index in [1.165, 1.54) is 0 Å². The molecule has 3 rings (SSSR count). The molecule has 0 aliphatic rings. The van der Waals surface area contributed by atoms with Gasteiger partial charge in [0, 0.05) is 25.0 Å². The molecule has 0 bridgehead atoms. The SMILES string of the molecule is CCCO[C@@H](Cc1cc(C)c(OCCc2nc(-c3ccccc3)oc2C)c(C)c1)C(=O)O. The molecule has 1 heterocycles. The third kappa shape index (κ3) is 5.98. The van der Waals surface area contributed by atoms with Crippen LogP contribution in [0.4, 0.5) is 0 Å². The molecular weight excluding hydrogens is 406 g/mol. The standard InChI is InChI=1S/C26H31NO5/c1-5-12-30-23(26(28)29)16-20-14-17(2)24(18(3)15-20)31-13-11-22-19(4)32-25(27-22)21-9-7-6-8-10-21/h6-10,14-15,23H,5,11-13,16H2,1-4H3,(H,28,29)/t23-/m0/s1. The maximum atomic E-state index is 11.5. The number of hydrogen-bond acceptors (Lipinski definition) is 5. The van der Waals surface area contributed by atoms with Gasteiger partial charge in [0.1, 0.15) is 11.5 Å². The Morgan fingerprint density at radius 1 is 1.09 bits per heavy atom. The van der Waals surface area contributed by atoms with E-state index in [0.29, 0.717) is 31.9 Å². The molecule has 1 aromatic heterocycles. The van der Waals surface area contributed by atoms with Crippen molar-refractivity contribution in [2.24, 2.45) is 0 Å². The molecule has 0 spiro atoms. The van der Waals surface area contributed by atoms with E-state index in [4.69, 9.17) is 13.9 Å². The normalized spacial score (nSPS) is 12.0. The number of rotatable bonds is 11. The molecule has 6 heteroatoms. The van der Waals surface area contributed by atoms with Crippen LogP contribution < -0.4 is 4.74 Å². The molecule has 0 saturated heterocycles. The van der Waals surface area contributed by atoms with Crippen LogP contribution in [0.3, 0.4) is 0 Å². The van der Waals surface area contributed by atoms with Crippen molar-refractivity contribution in [1.29, 1.82) is 0 Å². The number of carboxylic acids is 1. The first-order valence-electron chi connectivity index (χ1n) is 11.0. The molecule has 6 nitrogen and oxygen atoms in total. The molecule has 170 valence electrons. The highest BCUT2D eigenvalue weighted by atomic mass is 16.5. The van der Waals surface area contributed by atoms with E-state index in [2.05, 4.69) is 4.98 Å². The third-order valence-electron chi connectivity index (χ3n) is 5.24. The maximum absolute atomic E-state index is 11.5. The first-order valence-corrected chi connectivity index (χ1v) is 11.0. The molecule has 0 aliphatic carbocycles. The average Bonchev–Trinajstić information content (AvgIpc) is 3.14. The lowest BCUT2D eigenvalue weighted by Gasteiger charge is -2.17. The largest absolute Gasteiger partial charge is 0.493 e. The predicted molar refractivity (Wildman–Crippen MR) is 123 cm³/mol. The van der Waals surface area contributed by atoms with Crippen LogP contribution in [0.2, 0.25) is 0 Å². The summed E-state index contributed by atoms with van der Waals surface area (Å²) in [6.45, 7) is 8.73. The minimum absolute atomic E-state index is 0.331. The van der Waals surface area contributed by atoms with Crippen molar-refractivity contribution in [3.63, 3.8) is 0 Å². The molecule has 2 aromatic carbocycles. The van der Waals surface area contributed by atoms with Gasteiger partial charge in [-0.1, -0.05) is 37.3 Å². The third-order valence-corrected chi connectivity index (χ3v) is 5.24. The van der Waals surface area contributed by atoms with Crippen LogP contribution in [0.1, 0.15) is 41.5 Å². The van der Waals surface area contributed by atoms with Gasteiger partial charge >= 0.3 is 5.97 Å². The van der Waals surface area contributed by atoms with E-state index in [9.17, 15) is 9.90 Å². The zero-order valence-corrected chi connectivity index (χ0v) is 19.2. The second-order valence-electron chi connectivity index (χ2n) is 7.95. The van der Waals surface area contributed by atoms with Crippen molar-refractivity contribution in [2.45, 2.75) is 53.1 Å². The molecule has 0 amide bonds. The number of aromatic nitrogens is 1. The van der Waals surface area contributed by atoms with E-state index < -0.39 is 12.1 Å². The Kier molecular flexibility index (Phi) is 8.06. The molecule has 3 aromatic rings. The zero-order chi connectivity index (χ0) is 23.1. The number of carbonyl (C=O) groups is 1. The topological polar surface area (TPSA) is 81.8 Å². The van der Waals surface area contributed by atoms with Gasteiger partial charge in [0.15, 0.2) is 6.10 Å². The lowest BCUT2D eigenvalue weighted by atomic mass is 10.0. The second kappa shape index (κ2) is 11.0. The van der Waals surface area contributed by atoms with Gasteiger partial charge in [0.2, 0.25) is 5.89 Å². The molecule has 32 heavy (non-hydrogen) atoms. The molecule has 0 saturated carbocycles. The Labute approximate surface area is 189 Å². The molecule has 0 unspecified atom stereocenters. The summed E-state index contributed by atoms with van der Waals surface area (Å²) < 4.78 is 17.4. The molecule has 0 fully saturated rings. The van der Waals surface area contributed by atoms with Crippen molar-refractivity contribution in [3.8, 4) is 17.2 Å². The van der Waals surface area contributed by atoms with Gasteiger partial charge in [0.25, 0.3) is 0 Å². The fourth-order valence-electron chi connectivity index (χ4n) is 3.69. The zero-order valence-electron chi connectivity index (χ0n) is 19.2. The Morgan fingerprint density at radius 3 is 2.41 bits per heavy atom. The van der Waals surface area contributed by atoms with Crippen LogP contribution in [0.5, 0.6) is 5.75 Å². The Hall–Kier alpha value is -3.12. The molecule has 1 N–H and O–H groups in total. The lowest BCUT2D eigenvalue weighted by Crippen LogP contribution is -2.26. The first-order chi connectivity index (χ1) is 15.4. The summed E-state index contributed by atoms with van der Waals surface area (Å²) in [5, 5.41) is 9.41. The predicted octanol–water partition coefficient (Wildman–Crippen LogP) is 5.31. The van der Waals surface area contributed by atoms with Crippen LogP contribution in [-0.4, -0.2) is 35.4 Å². The summed E-state index contributed by atoms with van der Waals surface area (Å²) in [6, 6.07) is 13.8. The summed E-state index contributed by atoms with van der Waals surface area (Å²) in [5.74, 6) is 1.29. The van der Waals surface area contributed by atoms with Crippen molar-refractivity contribution in [1.82, 2.24) is 4.98 Å². The summed E-state index contributed by atoms with van der Waals surface area (Å²) >= 11 is 0. The number of ether oxygens (including phenoxy) is 2. The average molecular weight is 438 g/mol. The van der Waals surface area contributed by atoms with Crippen molar-refractivity contribution < 1.29 is 23.8 Å². The summed E-state index contributed by atoms with van der Waals surface area (Å²) in [4.78, 5) is 16.1. The Bertz CT molecular complexity index is 1020. The minimum atomic E-state index is -0.938. The van der Waals surface area contributed by atoms with E-state index in [-0.39, 0.29) is 0 Å². The second-order valence-corrected chi connectivity index (χ2v) is 7.95. The van der Waals surface area contributed by atoms with Crippen LogP contribution in [0.15, 0.2) is 46.9 Å². The van der Waals surface area contributed by atoms with Gasteiger partial charge in [-0.15, -0.1) is 0 Å². The van der Waals surface area contributed by atoms with Gasteiger partial charge in [-0.3, -0.25) is 0 Å². The van der Waals surface area contributed by atoms with Gasteiger partial charge in [-0.05, 0) is 56.0 Å². The number of carboxylic acid groups (broad SMARTS) is 1. The summed E-state index contributed by atoms with van der Waals surface area (Å²) in [7, 11) is 0. The van der Waals surface area contributed by atoms with Crippen LogP contribution in [0, 0.1) is 20.8 Å². The number of hydrogen-bond donors (Lipinski definition) is 1. The molecule has 0 radical (unpaired) electrons. The minimum Gasteiger partial charge on any atom is -0.493 e. The quantitative estimate of drug-likeness (QED) is 0.438. The smallest absolute Gasteiger partial charge is 0.333 e. The lowest BCUT2D eigenvalue weighted by molar-refractivity contribution is -0.150. The van der Waals surface area contributed by atoms with E-state index in [0.717, 1.165) is 45.9 Å². The highest BCUT2D eigenvalue weighted by molar-refractivity contribution is 5.72.